The van der Waals surface area contributed by atoms with Gasteiger partial charge in [0.2, 0.25) is 0 Å². The van der Waals surface area contributed by atoms with Gasteiger partial charge in [0.25, 0.3) is 0 Å². The average Bonchev–Trinajstić information content (AvgIpc) is 2.61. The van der Waals surface area contributed by atoms with Crippen LogP contribution in [0.1, 0.15) is 11.1 Å². The highest BCUT2D eigenvalue weighted by atomic mass is 35.5. The van der Waals surface area contributed by atoms with E-state index in [1.54, 1.807) is 12.1 Å². The molecule has 126 valence electrons. The summed E-state index contributed by atoms with van der Waals surface area (Å²) in [5, 5.41) is 6.00. The number of halogens is 1. The third kappa shape index (κ3) is 5.59. The molecule has 0 heterocycles. The molecule has 2 rings (SSSR count). The molecular formula is C18H19ClN2O3. The highest BCUT2D eigenvalue weighted by Crippen LogP contribution is 2.09. The van der Waals surface area contributed by atoms with Gasteiger partial charge in [0, 0.05) is 18.0 Å². The van der Waals surface area contributed by atoms with Crippen molar-refractivity contribution in [2.24, 2.45) is 0 Å². The summed E-state index contributed by atoms with van der Waals surface area (Å²) >= 11 is 5.82. The van der Waals surface area contributed by atoms with Gasteiger partial charge in [0.15, 0.2) is 0 Å². The minimum absolute atomic E-state index is 0.336. The molecule has 2 aromatic rings. The summed E-state index contributed by atoms with van der Waals surface area (Å²) in [7, 11) is 1.30. The standard InChI is InChI=1S/C18H19ClN2O3/c1-24-17(22)16(11-13-5-3-2-4-6-13)21-18(23)20-12-14-7-9-15(19)10-8-14/h2-10,16H,11-12H2,1H3,(H2,20,21,23)/t16-/m1/s1. The molecule has 0 saturated heterocycles. The van der Waals surface area contributed by atoms with Gasteiger partial charge in [-0.2, -0.15) is 0 Å². The smallest absolute Gasteiger partial charge is 0.328 e. The largest absolute Gasteiger partial charge is 0.467 e. The fraction of sp³-hybridized carbons (Fsp3) is 0.222. The van der Waals surface area contributed by atoms with Crippen LogP contribution in [0.15, 0.2) is 54.6 Å². The maximum absolute atomic E-state index is 12.0. The minimum Gasteiger partial charge on any atom is -0.467 e. The first-order chi connectivity index (χ1) is 11.6. The van der Waals surface area contributed by atoms with Crippen molar-refractivity contribution in [1.82, 2.24) is 10.6 Å². The Balaban J connectivity index is 1.91. The predicted molar refractivity (Wildman–Crippen MR) is 92.8 cm³/mol. The Morgan fingerprint density at radius 2 is 1.71 bits per heavy atom. The van der Waals surface area contributed by atoms with Crippen LogP contribution in [-0.2, 0) is 22.5 Å². The first-order valence-electron chi connectivity index (χ1n) is 7.49. The molecule has 0 radical (unpaired) electrons. The summed E-state index contributed by atoms with van der Waals surface area (Å²) in [4.78, 5) is 23.9. The zero-order valence-electron chi connectivity index (χ0n) is 13.3. The molecule has 2 amide bonds. The molecule has 0 unspecified atom stereocenters. The topological polar surface area (TPSA) is 67.4 Å². The van der Waals surface area contributed by atoms with Crippen LogP contribution in [0.3, 0.4) is 0 Å². The Bertz CT molecular complexity index is 674. The van der Waals surface area contributed by atoms with E-state index in [0.717, 1.165) is 11.1 Å². The van der Waals surface area contributed by atoms with Crippen molar-refractivity contribution < 1.29 is 14.3 Å². The number of esters is 1. The van der Waals surface area contributed by atoms with Crippen LogP contribution >= 0.6 is 11.6 Å². The van der Waals surface area contributed by atoms with Gasteiger partial charge >= 0.3 is 12.0 Å². The molecule has 1 atom stereocenters. The molecule has 24 heavy (non-hydrogen) atoms. The summed E-state index contributed by atoms with van der Waals surface area (Å²) in [5.74, 6) is -0.486. The zero-order valence-corrected chi connectivity index (χ0v) is 14.0. The Morgan fingerprint density at radius 1 is 1.04 bits per heavy atom. The lowest BCUT2D eigenvalue weighted by atomic mass is 10.1. The summed E-state index contributed by atoms with van der Waals surface area (Å²) in [5.41, 5.74) is 1.85. The molecule has 0 spiro atoms. The van der Waals surface area contributed by atoms with E-state index >= 15 is 0 Å². The molecule has 0 fully saturated rings. The summed E-state index contributed by atoms with van der Waals surface area (Å²) < 4.78 is 4.77. The highest BCUT2D eigenvalue weighted by Gasteiger charge is 2.21. The van der Waals surface area contributed by atoms with Gasteiger partial charge < -0.3 is 15.4 Å². The number of hydrogen-bond donors (Lipinski definition) is 2. The van der Waals surface area contributed by atoms with E-state index in [9.17, 15) is 9.59 Å². The lowest BCUT2D eigenvalue weighted by Gasteiger charge is -2.17. The maximum Gasteiger partial charge on any atom is 0.328 e. The third-order valence-electron chi connectivity index (χ3n) is 3.44. The van der Waals surface area contributed by atoms with Crippen molar-refractivity contribution in [3.05, 3.63) is 70.7 Å². The Hall–Kier alpha value is -2.53. The molecule has 2 aromatic carbocycles. The van der Waals surface area contributed by atoms with Crippen LogP contribution in [0, 0.1) is 0 Å². The number of carbonyl (C=O) groups excluding carboxylic acids is 2. The second-order valence-corrected chi connectivity index (χ2v) is 5.66. The summed E-state index contributed by atoms with van der Waals surface area (Å²) in [6.45, 7) is 0.336. The van der Waals surface area contributed by atoms with Crippen molar-refractivity contribution in [3.63, 3.8) is 0 Å². The summed E-state index contributed by atoms with van der Waals surface area (Å²) in [6.07, 6.45) is 0.363. The molecule has 0 aliphatic carbocycles. The number of ether oxygens (including phenoxy) is 1. The Labute approximate surface area is 146 Å². The van der Waals surface area contributed by atoms with E-state index in [0.29, 0.717) is 18.0 Å². The van der Waals surface area contributed by atoms with Crippen molar-refractivity contribution >= 4 is 23.6 Å². The van der Waals surface area contributed by atoms with E-state index < -0.39 is 18.0 Å². The van der Waals surface area contributed by atoms with E-state index in [2.05, 4.69) is 10.6 Å². The summed E-state index contributed by atoms with van der Waals surface area (Å²) in [6, 6.07) is 15.4. The molecule has 0 saturated carbocycles. The Kier molecular flexibility index (Phi) is 6.63. The highest BCUT2D eigenvalue weighted by molar-refractivity contribution is 6.30. The molecule has 0 aliphatic rings. The minimum atomic E-state index is -0.748. The number of hydrogen-bond acceptors (Lipinski definition) is 3. The number of urea groups is 1. The van der Waals surface area contributed by atoms with Crippen LogP contribution in [0.2, 0.25) is 5.02 Å². The molecular weight excluding hydrogens is 328 g/mol. The molecule has 6 heteroatoms. The predicted octanol–water partition coefficient (Wildman–Crippen LogP) is 2.92. The SMILES string of the molecule is COC(=O)[C@@H](Cc1ccccc1)NC(=O)NCc1ccc(Cl)cc1. The van der Waals surface area contributed by atoms with Crippen molar-refractivity contribution in [1.29, 1.82) is 0 Å². The van der Waals surface area contributed by atoms with Crippen LogP contribution in [-0.4, -0.2) is 25.2 Å². The zero-order chi connectivity index (χ0) is 17.4. The lowest BCUT2D eigenvalue weighted by Crippen LogP contribution is -2.47. The van der Waals surface area contributed by atoms with Gasteiger partial charge in [-0.05, 0) is 23.3 Å². The van der Waals surface area contributed by atoms with E-state index in [-0.39, 0.29) is 0 Å². The van der Waals surface area contributed by atoms with Crippen molar-refractivity contribution in [3.8, 4) is 0 Å². The Morgan fingerprint density at radius 3 is 2.33 bits per heavy atom. The van der Waals surface area contributed by atoms with Crippen LogP contribution < -0.4 is 10.6 Å². The quantitative estimate of drug-likeness (QED) is 0.790. The van der Waals surface area contributed by atoms with Gasteiger partial charge in [-0.3, -0.25) is 0 Å². The number of nitrogens with one attached hydrogen (secondary N) is 2. The molecule has 0 aromatic heterocycles. The first-order valence-corrected chi connectivity index (χ1v) is 7.87. The molecule has 2 N–H and O–H groups in total. The van der Waals surface area contributed by atoms with Crippen LogP contribution in [0.4, 0.5) is 4.79 Å². The van der Waals surface area contributed by atoms with E-state index in [1.807, 2.05) is 42.5 Å². The van der Waals surface area contributed by atoms with Crippen LogP contribution in [0.5, 0.6) is 0 Å². The van der Waals surface area contributed by atoms with Gasteiger partial charge in [-0.25, -0.2) is 9.59 Å². The van der Waals surface area contributed by atoms with Crippen molar-refractivity contribution in [2.45, 2.75) is 19.0 Å². The number of carbonyl (C=O) groups is 2. The first kappa shape index (κ1) is 17.8. The fourth-order valence-corrected chi connectivity index (χ4v) is 2.31. The van der Waals surface area contributed by atoms with Crippen molar-refractivity contribution in [2.75, 3.05) is 7.11 Å². The lowest BCUT2D eigenvalue weighted by molar-refractivity contribution is -0.142. The normalized spacial score (nSPS) is 11.4. The van der Waals surface area contributed by atoms with Crippen LogP contribution in [0.25, 0.3) is 0 Å². The number of benzene rings is 2. The second kappa shape index (κ2) is 8.93. The third-order valence-corrected chi connectivity index (χ3v) is 3.69. The fourth-order valence-electron chi connectivity index (χ4n) is 2.18. The molecule has 5 nitrogen and oxygen atoms in total. The molecule has 0 aliphatic heterocycles. The molecule has 0 bridgehead atoms. The van der Waals surface area contributed by atoms with Gasteiger partial charge in [-0.1, -0.05) is 54.1 Å². The number of methoxy groups -OCH3 is 1. The van der Waals surface area contributed by atoms with Gasteiger partial charge in [0.1, 0.15) is 6.04 Å². The second-order valence-electron chi connectivity index (χ2n) is 5.22. The van der Waals surface area contributed by atoms with E-state index in [1.165, 1.54) is 7.11 Å². The average molecular weight is 347 g/mol. The van der Waals surface area contributed by atoms with Gasteiger partial charge in [0.05, 0.1) is 7.11 Å². The van der Waals surface area contributed by atoms with Gasteiger partial charge in [-0.15, -0.1) is 0 Å². The van der Waals surface area contributed by atoms with E-state index in [4.69, 9.17) is 16.3 Å². The maximum atomic E-state index is 12.0. The number of rotatable bonds is 6. The monoisotopic (exact) mass is 346 g/mol. The number of amides is 2.